The van der Waals surface area contributed by atoms with Crippen LogP contribution in [0.1, 0.15) is 15.9 Å². The second-order valence-corrected chi connectivity index (χ2v) is 4.35. The minimum Gasteiger partial charge on any atom is -0.483 e. The van der Waals surface area contributed by atoms with Gasteiger partial charge in [-0.3, -0.25) is 4.79 Å². The number of para-hydroxylation sites is 1. The van der Waals surface area contributed by atoms with Crippen LogP contribution in [0.5, 0.6) is 5.75 Å². The number of carboxylic acid groups (broad SMARTS) is 1. The highest BCUT2D eigenvalue weighted by atomic mass is 16.5. The molecule has 5 heteroatoms. The Morgan fingerprint density at radius 3 is 2.38 bits per heavy atom. The Morgan fingerprint density at radius 2 is 1.67 bits per heavy atom. The van der Waals surface area contributed by atoms with Gasteiger partial charge in [0.15, 0.2) is 6.61 Å². The number of ether oxygens (including phenoxy) is 1. The van der Waals surface area contributed by atoms with Crippen molar-refractivity contribution in [2.75, 3.05) is 6.61 Å². The molecular weight excluding hydrogens is 270 g/mol. The number of rotatable bonds is 6. The Morgan fingerprint density at radius 1 is 1.00 bits per heavy atom. The average molecular weight is 285 g/mol. The third-order valence-electron chi connectivity index (χ3n) is 2.81. The zero-order valence-corrected chi connectivity index (χ0v) is 11.3. The van der Waals surface area contributed by atoms with Gasteiger partial charge in [0.05, 0.1) is 0 Å². The number of nitrogens with one attached hydrogen (secondary N) is 1. The van der Waals surface area contributed by atoms with Gasteiger partial charge in [0.25, 0.3) is 5.91 Å². The van der Waals surface area contributed by atoms with Crippen molar-refractivity contribution in [3.8, 4) is 5.75 Å². The number of carbonyl (C=O) groups is 2. The summed E-state index contributed by atoms with van der Waals surface area (Å²) >= 11 is 0. The summed E-state index contributed by atoms with van der Waals surface area (Å²) in [5.41, 5.74) is 1.02. The van der Waals surface area contributed by atoms with E-state index in [0.29, 0.717) is 6.54 Å². The van der Waals surface area contributed by atoms with Gasteiger partial charge in [-0.2, -0.15) is 0 Å². The molecule has 21 heavy (non-hydrogen) atoms. The quantitative estimate of drug-likeness (QED) is 0.852. The summed E-state index contributed by atoms with van der Waals surface area (Å²) < 4.78 is 5.26. The molecule has 0 unspecified atom stereocenters. The molecule has 0 heterocycles. The molecule has 5 nitrogen and oxygen atoms in total. The van der Waals surface area contributed by atoms with Crippen molar-refractivity contribution in [1.82, 2.24) is 5.32 Å². The van der Waals surface area contributed by atoms with Crippen LogP contribution in [0.15, 0.2) is 54.6 Å². The van der Waals surface area contributed by atoms with Crippen molar-refractivity contribution < 1.29 is 19.4 Å². The van der Waals surface area contributed by atoms with Crippen molar-refractivity contribution in [3.63, 3.8) is 0 Å². The van der Waals surface area contributed by atoms with Crippen molar-refractivity contribution in [2.45, 2.75) is 6.54 Å². The van der Waals surface area contributed by atoms with Crippen molar-refractivity contribution >= 4 is 11.9 Å². The molecule has 0 aromatic heterocycles. The number of aromatic carboxylic acids is 1. The summed E-state index contributed by atoms with van der Waals surface area (Å²) in [6, 6.07) is 15.7. The van der Waals surface area contributed by atoms with Crippen LogP contribution in [0.4, 0.5) is 0 Å². The van der Waals surface area contributed by atoms with Crippen LogP contribution in [-0.2, 0) is 11.3 Å². The van der Waals surface area contributed by atoms with Crippen LogP contribution in [0, 0.1) is 0 Å². The normalized spacial score (nSPS) is 9.90. The van der Waals surface area contributed by atoms with Gasteiger partial charge in [0.2, 0.25) is 0 Å². The maximum absolute atomic E-state index is 11.7. The standard InChI is InChI=1S/C16H15NO4/c18-15(17-10-12-6-2-1-3-7-12)11-21-14-9-5-4-8-13(14)16(19)20/h1-9H,10-11H2,(H,17,18)(H,19,20). The van der Waals surface area contributed by atoms with Crippen molar-refractivity contribution in [3.05, 3.63) is 65.7 Å². The first-order chi connectivity index (χ1) is 10.2. The van der Waals surface area contributed by atoms with E-state index in [1.807, 2.05) is 30.3 Å². The number of hydrogen-bond acceptors (Lipinski definition) is 3. The highest BCUT2D eigenvalue weighted by Gasteiger charge is 2.11. The second kappa shape index (κ2) is 7.09. The molecule has 108 valence electrons. The lowest BCUT2D eigenvalue weighted by Crippen LogP contribution is -2.28. The van der Waals surface area contributed by atoms with E-state index in [9.17, 15) is 9.59 Å². The number of carbonyl (C=O) groups excluding carboxylic acids is 1. The Kier molecular flexibility index (Phi) is 4.93. The fourth-order valence-corrected chi connectivity index (χ4v) is 1.76. The molecule has 0 aliphatic rings. The minimum atomic E-state index is -1.09. The average Bonchev–Trinajstić information content (AvgIpc) is 2.52. The van der Waals surface area contributed by atoms with Crippen LogP contribution in [-0.4, -0.2) is 23.6 Å². The van der Waals surface area contributed by atoms with E-state index in [-0.39, 0.29) is 23.8 Å². The maximum atomic E-state index is 11.7. The van der Waals surface area contributed by atoms with Crippen LogP contribution in [0.3, 0.4) is 0 Å². The molecule has 2 rings (SSSR count). The Bertz CT molecular complexity index is 625. The van der Waals surface area contributed by atoms with Gasteiger partial charge in [-0.05, 0) is 17.7 Å². The second-order valence-electron chi connectivity index (χ2n) is 4.35. The lowest BCUT2D eigenvalue weighted by atomic mass is 10.2. The summed E-state index contributed by atoms with van der Waals surface area (Å²) in [5, 5.41) is 11.7. The largest absolute Gasteiger partial charge is 0.483 e. The molecule has 0 bridgehead atoms. The van der Waals surface area contributed by atoms with Crippen molar-refractivity contribution in [2.24, 2.45) is 0 Å². The predicted octanol–water partition coefficient (Wildman–Crippen LogP) is 2.08. The number of carboxylic acids is 1. The van der Waals surface area contributed by atoms with Gasteiger partial charge < -0.3 is 15.2 Å². The molecule has 2 aromatic carbocycles. The fraction of sp³-hybridized carbons (Fsp3) is 0.125. The highest BCUT2D eigenvalue weighted by molar-refractivity contribution is 5.91. The Balaban J connectivity index is 1.86. The third-order valence-corrected chi connectivity index (χ3v) is 2.81. The van der Waals surface area contributed by atoms with E-state index in [4.69, 9.17) is 9.84 Å². The van der Waals surface area contributed by atoms with E-state index in [1.165, 1.54) is 12.1 Å². The lowest BCUT2D eigenvalue weighted by Gasteiger charge is -2.09. The summed E-state index contributed by atoms with van der Waals surface area (Å²) in [4.78, 5) is 22.7. The molecule has 1 amide bonds. The van der Waals surface area contributed by atoms with Crippen LogP contribution in [0.25, 0.3) is 0 Å². The molecule has 2 aromatic rings. The maximum Gasteiger partial charge on any atom is 0.339 e. The van der Waals surface area contributed by atoms with E-state index in [2.05, 4.69) is 5.32 Å². The van der Waals surface area contributed by atoms with Gasteiger partial charge >= 0.3 is 5.97 Å². The fourth-order valence-electron chi connectivity index (χ4n) is 1.76. The number of amides is 1. The van der Waals surface area contributed by atoms with Crippen LogP contribution in [0.2, 0.25) is 0 Å². The van der Waals surface area contributed by atoms with Crippen molar-refractivity contribution in [1.29, 1.82) is 0 Å². The summed E-state index contributed by atoms with van der Waals surface area (Å²) in [6.45, 7) is 0.181. The summed E-state index contributed by atoms with van der Waals surface area (Å²) in [6.07, 6.45) is 0. The molecular formula is C16H15NO4. The number of benzene rings is 2. The van der Waals surface area contributed by atoms with Crippen LogP contribution < -0.4 is 10.1 Å². The topological polar surface area (TPSA) is 75.6 Å². The third kappa shape index (κ3) is 4.35. The zero-order valence-electron chi connectivity index (χ0n) is 11.3. The van der Waals surface area contributed by atoms with E-state index < -0.39 is 5.97 Å². The van der Waals surface area contributed by atoms with E-state index >= 15 is 0 Å². The first-order valence-electron chi connectivity index (χ1n) is 6.42. The molecule has 0 spiro atoms. The first kappa shape index (κ1) is 14.6. The SMILES string of the molecule is O=C(COc1ccccc1C(=O)O)NCc1ccccc1. The molecule has 0 fully saturated rings. The minimum absolute atomic E-state index is 0.0355. The monoisotopic (exact) mass is 285 g/mol. The highest BCUT2D eigenvalue weighted by Crippen LogP contribution is 2.17. The predicted molar refractivity (Wildman–Crippen MR) is 77.2 cm³/mol. The molecule has 2 N–H and O–H groups in total. The van der Waals surface area contributed by atoms with E-state index in [1.54, 1.807) is 12.1 Å². The van der Waals surface area contributed by atoms with Gasteiger partial charge in [-0.15, -0.1) is 0 Å². The summed E-state index contributed by atoms with van der Waals surface area (Å²) in [7, 11) is 0. The molecule has 0 aliphatic heterocycles. The van der Waals surface area contributed by atoms with Gasteiger partial charge in [0, 0.05) is 6.54 Å². The Hall–Kier alpha value is -2.82. The molecule has 0 radical (unpaired) electrons. The molecule has 0 aliphatic carbocycles. The van der Waals surface area contributed by atoms with Gasteiger partial charge in [0.1, 0.15) is 11.3 Å². The lowest BCUT2D eigenvalue weighted by molar-refractivity contribution is -0.123. The molecule has 0 saturated carbocycles. The smallest absolute Gasteiger partial charge is 0.339 e. The first-order valence-corrected chi connectivity index (χ1v) is 6.42. The number of hydrogen-bond donors (Lipinski definition) is 2. The van der Waals surface area contributed by atoms with Gasteiger partial charge in [-0.1, -0.05) is 42.5 Å². The summed E-state index contributed by atoms with van der Waals surface area (Å²) in [5.74, 6) is -1.21. The Labute approximate surface area is 122 Å². The van der Waals surface area contributed by atoms with Crippen LogP contribution >= 0.6 is 0 Å². The molecule has 0 saturated heterocycles. The van der Waals surface area contributed by atoms with Gasteiger partial charge in [-0.25, -0.2) is 4.79 Å². The molecule has 0 atom stereocenters. The van der Waals surface area contributed by atoms with E-state index in [0.717, 1.165) is 5.56 Å². The zero-order chi connectivity index (χ0) is 15.1.